The van der Waals surface area contributed by atoms with Crippen molar-refractivity contribution < 1.29 is 4.79 Å². The van der Waals surface area contributed by atoms with Gasteiger partial charge < -0.3 is 5.32 Å². The van der Waals surface area contributed by atoms with Crippen LogP contribution in [0.2, 0.25) is 0 Å². The van der Waals surface area contributed by atoms with E-state index in [9.17, 15) is 4.79 Å². The van der Waals surface area contributed by atoms with Crippen molar-refractivity contribution in [1.29, 1.82) is 0 Å². The Kier molecular flexibility index (Phi) is 7.28. The van der Waals surface area contributed by atoms with Crippen molar-refractivity contribution in [2.75, 3.05) is 12.0 Å². The molecule has 0 bridgehead atoms. The molecule has 0 aliphatic rings. The van der Waals surface area contributed by atoms with Gasteiger partial charge in [-0.15, -0.1) is 0 Å². The maximum absolute atomic E-state index is 11.7. The average molecular weight is 283 g/mol. The average Bonchev–Trinajstić information content (AvgIpc) is 2.35. The highest BCUT2D eigenvalue weighted by Gasteiger charge is 2.07. The van der Waals surface area contributed by atoms with E-state index in [0.717, 1.165) is 12.2 Å². The van der Waals surface area contributed by atoms with E-state index in [1.54, 1.807) is 21.6 Å². The van der Waals surface area contributed by atoms with Crippen LogP contribution in [0.3, 0.4) is 0 Å². The van der Waals surface area contributed by atoms with Crippen molar-refractivity contribution in [2.45, 2.75) is 32.7 Å². The van der Waals surface area contributed by atoms with Gasteiger partial charge in [-0.3, -0.25) is 4.79 Å². The molecule has 0 aliphatic carbocycles. The molecule has 1 N–H and O–H groups in total. The minimum atomic E-state index is 0.143. The first-order valence-electron chi connectivity index (χ1n) is 6.12. The number of hydrogen-bond donors (Lipinski definition) is 1. The van der Waals surface area contributed by atoms with Gasteiger partial charge in [0.25, 0.3) is 0 Å². The second-order valence-corrected chi connectivity index (χ2v) is 7.01. The van der Waals surface area contributed by atoms with Crippen LogP contribution in [-0.4, -0.2) is 24.0 Å². The number of carbonyl (C=O) groups is 1. The van der Waals surface area contributed by atoms with Crippen LogP contribution in [0.4, 0.5) is 0 Å². The van der Waals surface area contributed by atoms with E-state index < -0.39 is 0 Å². The molecule has 0 aromatic heterocycles. The molecule has 18 heavy (non-hydrogen) atoms. The fraction of sp³-hybridized carbons (Fsp3) is 0.500. The van der Waals surface area contributed by atoms with Crippen LogP contribution in [0.1, 0.15) is 24.5 Å². The Labute approximate surface area is 118 Å². The minimum absolute atomic E-state index is 0.143. The Morgan fingerprint density at radius 2 is 2.00 bits per heavy atom. The Hall–Kier alpha value is -0.610. The van der Waals surface area contributed by atoms with E-state index in [0.29, 0.717) is 6.42 Å². The van der Waals surface area contributed by atoms with Crippen LogP contribution in [0.25, 0.3) is 0 Å². The molecule has 0 saturated carbocycles. The van der Waals surface area contributed by atoms with Gasteiger partial charge in [0.05, 0.1) is 0 Å². The van der Waals surface area contributed by atoms with Gasteiger partial charge in [-0.05, 0) is 32.1 Å². The van der Waals surface area contributed by atoms with E-state index in [4.69, 9.17) is 0 Å². The standard InChI is InChI=1S/C14H21NOS2/c1-11-4-6-13(7-5-11)8-9-14(16)15-12(2)10-18-17-3/h4-7,12H,8-10H2,1-3H3,(H,15,16). The highest BCUT2D eigenvalue weighted by atomic mass is 33.1. The number of amides is 1. The molecule has 0 saturated heterocycles. The largest absolute Gasteiger partial charge is 0.353 e. The van der Waals surface area contributed by atoms with Gasteiger partial charge in [-0.1, -0.05) is 51.4 Å². The Morgan fingerprint density at radius 1 is 1.33 bits per heavy atom. The summed E-state index contributed by atoms with van der Waals surface area (Å²) in [6.07, 6.45) is 3.43. The molecule has 2 nitrogen and oxygen atoms in total. The Morgan fingerprint density at radius 3 is 2.61 bits per heavy atom. The summed E-state index contributed by atoms with van der Waals surface area (Å²) in [6.45, 7) is 4.12. The number of carbonyl (C=O) groups excluding carboxylic acids is 1. The molecular weight excluding hydrogens is 262 g/mol. The van der Waals surface area contributed by atoms with Crippen LogP contribution >= 0.6 is 21.6 Å². The number of benzene rings is 1. The monoisotopic (exact) mass is 283 g/mol. The zero-order chi connectivity index (χ0) is 13.4. The fourth-order valence-corrected chi connectivity index (χ4v) is 3.02. The molecule has 0 heterocycles. The van der Waals surface area contributed by atoms with Crippen LogP contribution in [0, 0.1) is 6.92 Å². The molecule has 1 amide bonds. The lowest BCUT2D eigenvalue weighted by molar-refractivity contribution is -0.121. The van der Waals surface area contributed by atoms with Crippen molar-refractivity contribution in [3.05, 3.63) is 35.4 Å². The maximum Gasteiger partial charge on any atom is 0.220 e. The van der Waals surface area contributed by atoms with Gasteiger partial charge >= 0.3 is 0 Å². The van der Waals surface area contributed by atoms with Crippen LogP contribution in [0.15, 0.2) is 24.3 Å². The lowest BCUT2D eigenvalue weighted by Crippen LogP contribution is -2.34. The maximum atomic E-state index is 11.7. The molecule has 0 aliphatic heterocycles. The predicted octanol–water partition coefficient (Wildman–Crippen LogP) is 3.44. The first-order valence-corrected chi connectivity index (χ1v) is 8.85. The topological polar surface area (TPSA) is 29.1 Å². The molecule has 0 radical (unpaired) electrons. The summed E-state index contributed by atoms with van der Waals surface area (Å²) in [6, 6.07) is 8.61. The molecular formula is C14H21NOS2. The molecule has 1 atom stereocenters. The van der Waals surface area contributed by atoms with Gasteiger partial charge in [0, 0.05) is 18.2 Å². The molecule has 0 spiro atoms. The van der Waals surface area contributed by atoms with Crippen LogP contribution in [-0.2, 0) is 11.2 Å². The van der Waals surface area contributed by atoms with E-state index in [-0.39, 0.29) is 11.9 Å². The molecule has 1 aromatic rings. The Balaban J connectivity index is 2.26. The number of aryl methyl sites for hydroxylation is 2. The second kappa shape index (κ2) is 8.48. The first-order chi connectivity index (χ1) is 8.61. The molecule has 1 unspecified atom stereocenters. The SMILES string of the molecule is CSSCC(C)NC(=O)CCc1ccc(C)cc1. The van der Waals surface area contributed by atoms with Gasteiger partial charge in [-0.25, -0.2) is 0 Å². The third-order valence-electron chi connectivity index (χ3n) is 2.60. The normalized spacial score (nSPS) is 12.2. The summed E-state index contributed by atoms with van der Waals surface area (Å²) in [5.41, 5.74) is 2.48. The quantitative estimate of drug-likeness (QED) is 0.777. The van der Waals surface area contributed by atoms with Gasteiger partial charge in [0.2, 0.25) is 5.91 Å². The van der Waals surface area contributed by atoms with E-state index in [2.05, 4.69) is 42.8 Å². The number of nitrogens with one attached hydrogen (secondary N) is 1. The Bertz CT molecular complexity index is 365. The predicted molar refractivity (Wildman–Crippen MR) is 83.1 cm³/mol. The van der Waals surface area contributed by atoms with Crippen molar-refractivity contribution in [2.24, 2.45) is 0 Å². The van der Waals surface area contributed by atoms with Gasteiger partial charge in [-0.2, -0.15) is 0 Å². The molecule has 100 valence electrons. The third-order valence-corrected chi connectivity index (χ3v) is 4.59. The zero-order valence-corrected chi connectivity index (χ0v) is 12.9. The summed E-state index contributed by atoms with van der Waals surface area (Å²) >= 11 is 0. The third kappa shape index (κ3) is 6.36. The van der Waals surface area contributed by atoms with E-state index in [1.165, 1.54) is 11.1 Å². The summed E-state index contributed by atoms with van der Waals surface area (Å²) in [5.74, 6) is 1.10. The summed E-state index contributed by atoms with van der Waals surface area (Å²) in [4.78, 5) is 11.7. The zero-order valence-electron chi connectivity index (χ0n) is 11.2. The smallest absolute Gasteiger partial charge is 0.220 e. The summed E-state index contributed by atoms with van der Waals surface area (Å²) in [5, 5.41) is 3.02. The molecule has 1 rings (SSSR count). The van der Waals surface area contributed by atoms with Crippen molar-refractivity contribution in [1.82, 2.24) is 5.32 Å². The molecule has 0 fully saturated rings. The minimum Gasteiger partial charge on any atom is -0.353 e. The highest BCUT2D eigenvalue weighted by molar-refractivity contribution is 8.76. The van der Waals surface area contributed by atoms with E-state index in [1.807, 2.05) is 6.92 Å². The number of rotatable bonds is 7. The van der Waals surface area contributed by atoms with Crippen molar-refractivity contribution >= 4 is 27.5 Å². The summed E-state index contributed by atoms with van der Waals surface area (Å²) in [7, 11) is 3.51. The van der Waals surface area contributed by atoms with Crippen molar-refractivity contribution in [3.8, 4) is 0 Å². The number of hydrogen-bond acceptors (Lipinski definition) is 3. The lowest BCUT2D eigenvalue weighted by atomic mass is 10.1. The van der Waals surface area contributed by atoms with Gasteiger partial charge in [0.1, 0.15) is 0 Å². The lowest BCUT2D eigenvalue weighted by Gasteiger charge is -2.12. The van der Waals surface area contributed by atoms with Crippen LogP contribution in [0.5, 0.6) is 0 Å². The van der Waals surface area contributed by atoms with Crippen LogP contribution < -0.4 is 5.32 Å². The molecule has 1 aromatic carbocycles. The molecule has 4 heteroatoms. The van der Waals surface area contributed by atoms with Gasteiger partial charge in [0.15, 0.2) is 0 Å². The van der Waals surface area contributed by atoms with E-state index >= 15 is 0 Å². The fourth-order valence-electron chi connectivity index (χ4n) is 1.57. The summed E-state index contributed by atoms with van der Waals surface area (Å²) < 4.78 is 0. The highest BCUT2D eigenvalue weighted by Crippen LogP contribution is 2.17. The first kappa shape index (κ1) is 15.4. The van der Waals surface area contributed by atoms with Crippen molar-refractivity contribution in [3.63, 3.8) is 0 Å². The second-order valence-electron chi connectivity index (χ2n) is 4.41.